The molecule has 4 nitrogen and oxygen atoms in total. The second-order valence-electron chi connectivity index (χ2n) is 4.96. The average molecular weight is 282 g/mol. The van der Waals surface area contributed by atoms with Crippen LogP contribution in [0.4, 0.5) is 0 Å². The number of Topliss-reactive ketones (excluding diaryl/α,β-unsaturated/α-hetero) is 2. The Morgan fingerprint density at radius 1 is 0.905 bits per heavy atom. The first-order valence-corrected chi connectivity index (χ1v) is 6.60. The van der Waals surface area contributed by atoms with Crippen LogP contribution in [0.25, 0.3) is 22.3 Å². The zero-order valence-corrected chi connectivity index (χ0v) is 11.6. The van der Waals surface area contributed by atoms with E-state index in [2.05, 4.69) is 0 Å². The van der Waals surface area contributed by atoms with Crippen molar-refractivity contribution in [3.8, 4) is 22.3 Å². The smallest absolute Gasteiger partial charge is 0.188 e. The van der Waals surface area contributed by atoms with Gasteiger partial charge in [-0.15, -0.1) is 0 Å². The second-order valence-corrected chi connectivity index (χ2v) is 4.96. The van der Waals surface area contributed by atoms with Gasteiger partial charge < -0.3 is 9.84 Å². The van der Waals surface area contributed by atoms with Gasteiger partial charge in [0.1, 0.15) is 13.2 Å². The van der Waals surface area contributed by atoms with E-state index in [9.17, 15) is 9.59 Å². The number of rotatable bonds is 5. The third-order valence-electron chi connectivity index (χ3n) is 3.68. The van der Waals surface area contributed by atoms with E-state index in [0.717, 1.165) is 22.3 Å². The van der Waals surface area contributed by atoms with Crippen LogP contribution in [0.5, 0.6) is 0 Å². The molecule has 0 saturated heterocycles. The van der Waals surface area contributed by atoms with Crippen molar-refractivity contribution in [2.24, 2.45) is 0 Å². The zero-order chi connectivity index (χ0) is 15.0. The molecule has 0 aliphatic heterocycles. The Hall–Kier alpha value is -2.30. The number of carbonyl (C=O) groups is 2. The van der Waals surface area contributed by atoms with Gasteiger partial charge in [-0.05, 0) is 34.4 Å². The van der Waals surface area contributed by atoms with Gasteiger partial charge in [0.05, 0.1) is 0 Å². The van der Waals surface area contributed by atoms with Crippen molar-refractivity contribution in [2.75, 3.05) is 20.3 Å². The van der Waals surface area contributed by atoms with Crippen LogP contribution in [0, 0.1) is 0 Å². The van der Waals surface area contributed by atoms with Gasteiger partial charge in [0.25, 0.3) is 0 Å². The highest BCUT2D eigenvalue weighted by atomic mass is 16.5. The molecule has 4 heteroatoms. The minimum Gasteiger partial charge on any atom is -0.388 e. The van der Waals surface area contributed by atoms with Gasteiger partial charge in [0, 0.05) is 18.2 Å². The van der Waals surface area contributed by atoms with Crippen molar-refractivity contribution in [3.63, 3.8) is 0 Å². The van der Waals surface area contributed by atoms with Crippen molar-refractivity contribution in [3.05, 3.63) is 47.5 Å². The first-order valence-electron chi connectivity index (χ1n) is 6.60. The van der Waals surface area contributed by atoms with E-state index in [1.165, 1.54) is 7.11 Å². The topological polar surface area (TPSA) is 63.6 Å². The number of methoxy groups -OCH3 is 1. The lowest BCUT2D eigenvalue weighted by Crippen LogP contribution is -2.10. The van der Waals surface area contributed by atoms with Crippen molar-refractivity contribution in [2.45, 2.75) is 0 Å². The van der Waals surface area contributed by atoms with Gasteiger partial charge in [-0.25, -0.2) is 0 Å². The van der Waals surface area contributed by atoms with Gasteiger partial charge >= 0.3 is 0 Å². The Morgan fingerprint density at radius 2 is 1.43 bits per heavy atom. The SMILES string of the molecule is COCC(=O)c1ccc2c(c1)-c1ccc(C(=O)CO)cc1-2. The molecule has 1 aliphatic rings. The van der Waals surface area contributed by atoms with Crippen LogP contribution in [-0.4, -0.2) is 37.0 Å². The molecule has 3 rings (SSSR count). The molecule has 0 aromatic heterocycles. The minimum atomic E-state index is -0.490. The number of hydrogen-bond acceptors (Lipinski definition) is 4. The Balaban J connectivity index is 1.95. The van der Waals surface area contributed by atoms with Crippen LogP contribution in [0.1, 0.15) is 20.7 Å². The van der Waals surface area contributed by atoms with Crippen molar-refractivity contribution < 1.29 is 19.4 Å². The predicted molar refractivity (Wildman–Crippen MR) is 78.5 cm³/mol. The molecule has 0 amide bonds. The third-order valence-corrected chi connectivity index (χ3v) is 3.68. The summed E-state index contributed by atoms with van der Waals surface area (Å²) in [4.78, 5) is 23.3. The maximum absolute atomic E-state index is 11.8. The van der Waals surface area contributed by atoms with Crippen LogP contribution < -0.4 is 0 Å². The van der Waals surface area contributed by atoms with Gasteiger partial charge in [-0.2, -0.15) is 0 Å². The summed E-state index contributed by atoms with van der Waals surface area (Å²) in [6.45, 7) is -0.425. The van der Waals surface area contributed by atoms with E-state index in [1.54, 1.807) is 18.2 Å². The summed E-state index contributed by atoms with van der Waals surface area (Å²) in [5, 5.41) is 8.91. The molecule has 1 aliphatic carbocycles. The number of carbonyl (C=O) groups excluding carboxylic acids is 2. The molecule has 21 heavy (non-hydrogen) atoms. The normalized spacial score (nSPS) is 11.3. The van der Waals surface area contributed by atoms with Crippen LogP contribution in [-0.2, 0) is 4.74 Å². The summed E-state index contributed by atoms with van der Waals surface area (Å²) in [6, 6.07) is 10.8. The Labute approximate surface area is 122 Å². The van der Waals surface area contributed by atoms with Crippen LogP contribution in [0.3, 0.4) is 0 Å². The number of benzene rings is 2. The van der Waals surface area contributed by atoms with Gasteiger partial charge in [-0.3, -0.25) is 9.59 Å². The highest BCUT2D eigenvalue weighted by molar-refractivity contribution is 6.09. The molecule has 0 bridgehead atoms. The lowest BCUT2D eigenvalue weighted by atomic mass is 9.78. The van der Waals surface area contributed by atoms with E-state index in [0.29, 0.717) is 11.1 Å². The number of fused-ring (bicyclic) bond motifs is 4. The number of aliphatic hydroxyl groups is 1. The molecule has 2 aromatic carbocycles. The first kappa shape index (κ1) is 13.7. The van der Waals surface area contributed by atoms with E-state index in [1.807, 2.05) is 18.2 Å². The molecule has 0 saturated carbocycles. The average Bonchev–Trinajstić information content (AvgIpc) is 2.51. The maximum Gasteiger partial charge on any atom is 0.188 e. The Bertz CT molecular complexity index is 746. The molecule has 1 N–H and O–H groups in total. The number of ketones is 2. The molecule has 0 heterocycles. The Morgan fingerprint density at radius 3 is 1.90 bits per heavy atom. The lowest BCUT2D eigenvalue weighted by Gasteiger charge is -2.25. The maximum atomic E-state index is 11.8. The van der Waals surface area contributed by atoms with Crippen molar-refractivity contribution >= 4 is 11.6 Å². The predicted octanol–water partition coefficient (Wildman–Crippen LogP) is 2.34. The van der Waals surface area contributed by atoms with E-state index in [-0.39, 0.29) is 18.2 Å². The third kappa shape index (κ3) is 2.18. The highest BCUT2D eigenvalue weighted by Crippen LogP contribution is 2.47. The quantitative estimate of drug-likeness (QED) is 0.730. The highest BCUT2D eigenvalue weighted by Gasteiger charge is 2.24. The molecular weight excluding hydrogens is 268 g/mol. The fraction of sp³-hybridized carbons (Fsp3) is 0.176. The fourth-order valence-corrected chi connectivity index (χ4v) is 2.59. The van der Waals surface area contributed by atoms with Crippen LogP contribution in [0.15, 0.2) is 36.4 Å². The molecule has 0 spiro atoms. The first-order chi connectivity index (χ1) is 10.2. The summed E-state index contributed by atoms with van der Waals surface area (Å²) >= 11 is 0. The molecule has 106 valence electrons. The standard InChI is InChI=1S/C17H14O4/c1-21-9-17(20)11-3-5-13-14-6-10(16(19)8-18)2-4-12(14)15(13)7-11/h2-7,18H,8-9H2,1H3. The van der Waals surface area contributed by atoms with Crippen LogP contribution in [0.2, 0.25) is 0 Å². The summed E-state index contributed by atoms with van der Waals surface area (Å²) in [7, 11) is 1.49. The fourth-order valence-electron chi connectivity index (χ4n) is 2.59. The van der Waals surface area contributed by atoms with Gasteiger partial charge in [0.15, 0.2) is 11.6 Å². The number of hydrogen-bond donors (Lipinski definition) is 1. The summed E-state index contributed by atoms with van der Waals surface area (Å²) in [5.41, 5.74) is 5.15. The van der Waals surface area contributed by atoms with Crippen molar-refractivity contribution in [1.29, 1.82) is 0 Å². The van der Waals surface area contributed by atoms with Crippen molar-refractivity contribution in [1.82, 2.24) is 0 Å². The van der Waals surface area contributed by atoms with E-state index in [4.69, 9.17) is 9.84 Å². The van der Waals surface area contributed by atoms with E-state index < -0.39 is 6.61 Å². The number of aliphatic hydroxyl groups excluding tert-OH is 1. The summed E-state index contributed by atoms with van der Waals surface area (Å²) in [5.74, 6) is -0.348. The molecule has 0 fully saturated rings. The molecule has 0 atom stereocenters. The molecular formula is C17H14O4. The second kappa shape index (κ2) is 5.24. The minimum absolute atomic E-state index is 0.0548. The summed E-state index contributed by atoms with van der Waals surface area (Å²) < 4.78 is 4.86. The molecule has 0 radical (unpaired) electrons. The number of ether oxygens (including phenoxy) is 1. The van der Waals surface area contributed by atoms with Gasteiger partial charge in [-0.1, -0.05) is 24.3 Å². The zero-order valence-electron chi connectivity index (χ0n) is 11.6. The monoisotopic (exact) mass is 282 g/mol. The molecule has 0 unspecified atom stereocenters. The van der Waals surface area contributed by atoms with Gasteiger partial charge in [0.2, 0.25) is 0 Å². The molecule has 2 aromatic rings. The Kier molecular flexibility index (Phi) is 3.41. The lowest BCUT2D eigenvalue weighted by molar-refractivity contribution is 0.0847. The largest absolute Gasteiger partial charge is 0.388 e. The van der Waals surface area contributed by atoms with Crippen LogP contribution >= 0.6 is 0 Å². The summed E-state index contributed by atoms with van der Waals surface area (Å²) in [6.07, 6.45) is 0. The van der Waals surface area contributed by atoms with E-state index >= 15 is 0 Å².